The number of aromatic nitrogens is 2. The summed E-state index contributed by atoms with van der Waals surface area (Å²) >= 11 is 0. The number of methoxy groups -OCH3 is 3. The number of ether oxygens (including phenoxy) is 4. The van der Waals surface area contributed by atoms with Gasteiger partial charge in [-0.3, -0.25) is 9.36 Å². The first-order chi connectivity index (χ1) is 16.0. The summed E-state index contributed by atoms with van der Waals surface area (Å²) in [7, 11) is 4.01. The van der Waals surface area contributed by atoms with Gasteiger partial charge in [0, 0.05) is 41.2 Å². The van der Waals surface area contributed by atoms with Crippen LogP contribution >= 0.6 is 0 Å². The van der Waals surface area contributed by atoms with Crippen LogP contribution in [0.25, 0.3) is 11.0 Å². The standard InChI is InChI=1S/C24H30N2O6S/c1-6-7-11-26-23-17(9-8-10-25-23)20(27)22(24(26)28)33(5)13-12-32-16-14-18(29-2)21(31-4)19(15-16)30-3/h8-10,14-15H,6-7,11-13H2,1-5H3. The maximum Gasteiger partial charge on any atom is 0.306 e. The summed E-state index contributed by atoms with van der Waals surface area (Å²) in [6, 6.07) is 6.89. The van der Waals surface area contributed by atoms with Crippen molar-refractivity contribution in [2.75, 3.05) is 39.9 Å². The molecule has 0 radical (unpaired) electrons. The molecule has 8 nitrogen and oxygen atoms in total. The van der Waals surface area contributed by atoms with Gasteiger partial charge in [-0.05, 0) is 18.2 Å². The van der Waals surface area contributed by atoms with Crippen molar-refractivity contribution in [3.8, 4) is 28.7 Å². The summed E-state index contributed by atoms with van der Waals surface area (Å²) in [6.45, 7) is 2.92. The molecular weight excluding hydrogens is 444 g/mol. The van der Waals surface area contributed by atoms with Crippen LogP contribution in [0.2, 0.25) is 0 Å². The highest BCUT2D eigenvalue weighted by atomic mass is 32.2. The predicted octanol–water partition coefficient (Wildman–Crippen LogP) is 2.98. The summed E-state index contributed by atoms with van der Waals surface area (Å²) in [5.41, 5.74) is 0.202. The lowest BCUT2D eigenvalue weighted by molar-refractivity contribution is -0.270. The van der Waals surface area contributed by atoms with Crippen LogP contribution in [-0.2, 0) is 17.4 Å². The van der Waals surface area contributed by atoms with Gasteiger partial charge in [0.2, 0.25) is 10.6 Å². The Morgan fingerprint density at radius 3 is 2.42 bits per heavy atom. The van der Waals surface area contributed by atoms with Gasteiger partial charge in [-0.1, -0.05) is 19.4 Å². The molecule has 0 fully saturated rings. The van der Waals surface area contributed by atoms with Crippen molar-refractivity contribution in [2.45, 2.75) is 31.2 Å². The number of pyridine rings is 2. The number of unbranched alkanes of at least 4 members (excludes halogenated alkanes) is 1. The molecule has 3 aromatic rings. The molecule has 0 N–H and O–H groups in total. The van der Waals surface area contributed by atoms with Gasteiger partial charge >= 0.3 is 5.56 Å². The number of hydrogen-bond donors (Lipinski definition) is 0. The van der Waals surface area contributed by atoms with Crippen molar-refractivity contribution in [2.24, 2.45) is 0 Å². The average Bonchev–Trinajstić information content (AvgIpc) is 2.83. The molecule has 33 heavy (non-hydrogen) atoms. The Labute approximate surface area is 196 Å². The SMILES string of the molecule is CCCCn1c(=O)c([S+](C)CCOc2cc(OC)c(OC)c(OC)c2)c([O-])c2cccnc21. The van der Waals surface area contributed by atoms with Crippen molar-refractivity contribution in [1.29, 1.82) is 0 Å². The Bertz CT molecular complexity index is 1140. The van der Waals surface area contributed by atoms with Crippen molar-refractivity contribution in [3.63, 3.8) is 0 Å². The van der Waals surface area contributed by atoms with Gasteiger partial charge in [-0.25, -0.2) is 4.98 Å². The van der Waals surface area contributed by atoms with Crippen LogP contribution in [0.3, 0.4) is 0 Å². The van der Waals surface area contributed by atoms with E-state index in [0.29, 0.717) is 57.8 Å². The number of nitrogens with zero attached hydrogens (tertiary/aromatic N) is 2. The van der Waals surface area contributed by atoms with E-state index in [-0.39, 0.29) is 11.3 Å². The van der Waals surface area contributed by atoms with Crippen molar-refractivity contribution in [3.05, 3.63) is 40.8 Å². The summed E-state index contributed by atoms with van der Waals surface area (Å²) in [5.74, 6) is 2.29. The van der Waals surface area contributed by atoms with Gasteiger partial charge in [-0.15, -0.1) is 0 Å². The molecule has 9 heteroatoms. The topological polar surface area (TPSA) is 94.9 Å². The number of aryl methyl sites for hydroxylation is 1. The van der Waals surface area contributed by atoms with Crippen molar-refractivity contribution in [1.82, 2.24) is 9.55 Å². The molecule has 0 bridgehead atoms. The Kier molecular flexibility index (Phi) is 8.32. The molecule has 0 aliphatic rings. The molecule has 0 amide bonds. The molecule has 0 saturated heterocycles. The molecule has 3 rings (SSSR count). The first-order valence-corrected chi connectivity index (χ1v) is 12.5. The van der Waals surface area contributed by atoms with Crippen LogP contribution in [0.4, 0.5) is 0 Å². The molecular formula is C24H30N2O6S. The quantitative estimate of drug-likeness (QED) is 0.394. The normalized spacial score (nSPS) is 11.9. The molecule has 1 aromatic carbocycles. The molecule has 0 spiro atoms. The van der Waals surface area contributed by atoms with E-state index in [1.54, 1.807) is 49.2 Å². The van der Waals surface area contributed by atoms with E-state index in [1.807, 2.05) is 6.26 Å². The van der Waals surface area contributed by atoms with Gasteiger partial charge in [0.15, 0.2) is 11.5 Å². The largest absolute Gasteiger partial charge is 0.868 e. The van der Waals surface area contributed by atoms with Crippen LogP contribution in [-0.4, -0.2) is 49.5 Å². The van der Waals surface area contributed by atoms with Gasteiger partial charge < -0.3 is 24.1 Å². The maximum absolute atomic E-state index is 13.3. The van der Waals surface area contributed by atoms with Gasteiger partial charge in [0.1, 0.15) is 30.0 Å². The number of fused-ring (bicyclic) bond motifs is 1. The molecule has 2 heterocycles. The third-order valence-electron chi connectivity index (χ3n) is 5.31. The third-order valence-corrected chi connectivity index (χ3v) is 7.15. The second-order valence-electron chi connectivity index (χ2n) is 7.39. The summed E-state index contributed by atoms with van der Waals surface area (Å²) in [6.07, 6.45) is 5.30. The fourth-order valence-electron chi connectivity index (χ4n) is 3.59. The highest BCUT2D eigenvalue weighted by molar-refractivity contribution is 7.96. The Morgan fingerprint density at radius 1 is 1.12 bits per heavy atom. The highest BCUT2D eigenvalue weighted by Gasteiger charge is 2.25. The predicted molar refractivity (Wildman–Crippen MR) is 128 cm³/mol. The van der Waals surface area contributed by atoms with E-state index < -0.39 is 10.9 Å². The van der Waals surface area contributed by atoms with E-state index in [1.165, 1.54) is 7.11 Å². The fourth-order valence-corrected chi connectivity index (χ4v) is 4.96. The minimum Gasteiger partial charge on any atom is -0.868 e. The Hall–Kier alpha value is -3.07. The zero-order valence-electron chi connectivity index (χ0n) is 19.7. The lowest BCUT2D eigenvalue weighted by Crippen LogP contribution is -2.30. The Balaban J connectivity index is 1.84. The van der Waals surface area contributed by atoms with Gasteiger partial charge in [0.25, 0.3) is 0 Å². The summed E-state index contributed by atoms with van der Waals surface area (Å²) in [5, 5.41) is 13.6. The van der Waals surface area contributed by atoms with E-state index >= 15 is 0 Å². The molecule has 2 aromatic heterocycles. The number of rotatable bonds is 11. The van der Waals surface area contributed by atoms with E-state index in [0.717, 1.165) is 12.8 Å². The average molecular weight is 475 g/mol. The first-order valence-electron chi connectivity index (χ1n) is 10.7. The zero-order valence-corrected chi connectivity index (χ0v) is 20.5. The monoisotopic (exact) mass is 474 g/mol. The van der Waals surface area contributed by atoms with Crippen molar-refractivity contribution >= 4 is 21.9 Å². The lowest BCUT2D eigenvalue weighted by atomic mass is 10.2. The summed E-state index contributed by atoms with van der Waals surface area (Å²) < 4.78 is 23.6. The third kappa shape index (κ3) is 5.13. The number of benzene rings is 1. The first kappa shape index (κ1) is 24.6. The lowest BCUT2D eigenvalue weighted by Gasteiger charge is -2.18. The molecule has 178 valence electrons. The molecule has 0 saturated carbocycles. The number of hydrogen-bond acceptors (Lipinski definition) is 7. The molecule has 1 unspecified atom stereocenters. The van der Waals surface area contributed by atoms with E-state index in [4.69, 9.17) is 18.9 Å². The molecule has 0 aliphatic heterocycles. The second kappa shape index (κ2) is 11.2. The van der Waals surface area contributed by atoms with Crippen LogP contribution in [0.5, 0.6) is 28.7 Å². The molecule has 1 atom stereocenters. The zero-order chi connectivity index (χ0) is 24.0. The summed E-state index contributed by atoms with van der Waals surface area (Å²) in [4.78, 5) is 17.9. The van der Waals surface area contributed by atoms with Gasteiger partial charge in [0.05, 0.1) is 21.3 Å². The van der Waals surface area contributed by atoms with Gasteiger partial charge in [-0.2, -0.15) is 0 Å². The van der Waals surface area contributed by atoms with Crippen molar-refractivity contribution < 1.29 is 24.1 Å². The highest BCUT2D eigenvalue weighted by Crippen LogP contribution is 2.40. The minimum absolute atomic E-state index is 0.241. The van der Waals surface area contributed by atoms with Crippen LogP contribution in [0, 0.1) is 0 Å². The smallest absolute Gasteiger partial charge is 0.306 e. The Morgan fingerprint density at radius 2 is 1.82 bits per heavy atom. The van der Waals surface area contributed by atoms with E-state index in [2.05, 4.69) is 11.9 Å². The minimum atomic E-state index is -0.608. The maximum atomic E-state index is 13.3. The van der Waals surface area contributed by atoms with E-state index in [9.17, 15) is 9.90 Å². The fraction of sp³-hybridized carbons (Fsp3) is 0.417. The second-order valence-corrected chi connectivity index (χ2v) is 9.48. The van der Waals surface area contributed by atoms with Crippen LogP contribution in [0.1, 0.15) is 19.8 Å². The molecule has 0 aliphatic carbocycles. The van der Waals surface area contributed by atoms with Crippen LogP contribution < -0.4 is 29.6 Å². The van der Waals surface area contributed by atoms with Crippen LogP contribution in [0.15, 0.2) is 40.2 Å².